The maximum Gasteiger partial charge on any atom is 0.343 e. The first kappa shape index (κ1) is 19.4. The van der Waals surface area contributed by atoms with E-state index in [1.165, 1.54) is 0 Å². The Hall–Kier alpha value is -4.56. The normalized spacial score (nSPS) is 14.9. The van der Waals surface area contributed by atoms with Gasteiger partial charge in [-0.1, -0.05) is 66.7 Å². The molecule has 0 aliphatic carbocycles. The van der Waals surface area contributed by atoms with E-state index in [2.05, 4.69) is 6.07 Å². The Labute approximate surface area is 184 Å². The fourth-order valence-corrected chi connectivity index (χ4v) is 4.06. The zero-order chi connectivity index (χ0) is 22.1. The molecule has 4 aromatic carbocycles. The van der Waals surface area contributed by atoms with Crippen molar-refractivity contribution in [2.75, 3.05) is 0 Å². The maximum atomic E-state index is 12.4. The molecule has 1 aliphatic rings. The molecule has 1 atom stereocenters. The lowest BCUT2D eigenvalue weighted by atomic mass is 9.81. The van der Waals surface area contributed by atoms with Gasteiger partial charge in [0.15, 0.2) is 0 Å². The Bertz CT molecular complexity index is 1410. The predicted molar refractivity (Wildman–Crippen MR) is 121 cm³/mol. The Balaban J connectivity index is 1.58. The second-order valence-electron chi connectivity index (χ2n) is 7.45. The van der Waals surface area contributed by atoms with Crippen LogP contribution in [0.1, 0.15) is 27.4 Å². The first-order valence-corrected chi connectivity index (χ1v) is 10.1. The second kappa shape index (κ2) is 7.93. The molecule has 0 bridgehead atoms. The molecule has 4 aromatic rings. The molecule has 0 aromatic heterocycles. The maximum absolute atomic E-state index is 12.4. The number of carbonyl (C=O) groups excluding carboxylic acids is 1. The van der Waals surface area contributed by atoms with Crippen LogP contribution in [-0.2, 0) is 0 Å². The zero-order valence-corrected chi connectivity index (χ0v) is 17.0. The highest BCUT2D eigenvalue weighted by Gasteiger charge is 2.32. The van der Waals surface area contributed by atoms with Crippen LogP contribution in [0.5, 0.6) is 11.5 Å². The summed E-state index contributed by atoms with van der Waals surface area (Å²) >= 11 is 0. The van der Waals surface area contributed by atoms with Gasteiger partial charge in [-0.2, -0.15) is 5.26 Å². The number of esters is 1. The van der Waals surface area contributed by atoms with Crippen LogP contribution in [-0.4, -0.2) is 5.97 Å². The molecule has 1 unspecified atom stereocenters. The number of allylic oxidation sites excluding steroid dienone is 1. The number of benzene rings is 4. The smallest absolute Gasteiger partial charge is 0.343 e. The summed E-state index contributed by atoms with van der Waals surface area (Å²) in [6, 6.07) is 30.1. The number of nitriles is 1. The van der Waals surface area contributed by atoms with Gasteiger partial charge < -0.3 is 15.2 Å². The standard InChI is InChI=1S/C27H18N2O3/c28-16-23-25(21-12-6-10-17-7-4-5-11-20(17)21)22-14-13-19(15-24(22)32-26(23)29)31-27(30)18-8-2-1-3-9-18/h1-15,25H,29H2. The molecule has 154 valence electrons. The van der Waals surface area contributed by atoms with E-state index in [-0.39, 0.29) is 5.88 Å². The van der Waals surface area contributed by atoms with Gasteiger partial charge in [-0.15, -0.1) is 0 Å². The summed E-state index contributed by atoms with van der Waals surface area (Å²) in [5.41, 5.74) is 8.69. The third-order valence-corrected chi connectivity index (χ3v) is 5.54. The first-order valence-electron chi connectivity index (χ1n) is 10.1. The SMILES string of the molecule is N#CC1=C(N)Oc2cc(OC(=O)c3ccccc3)ccc2C1c1cccc2ccccc12. The molecule has 0 radical (unpaired) electrons. The monoisotopic (exact) mass is 418 g/mol. The summed E-state index contributed by atoms with van der Waals surface area (Å²) in [6.07, 6.45) is 0. The van der Waals surface area contributed by atoms with Gasteiger partial charge in [-0.3, -0.25) is 0 Å². The van der Waals surface area contributed by atoms with E-state index in [0.29, 0.717) is 22.6 Å². The molecule has 0 fully saturated rings. The zero-order valence-electron chi connectivity index (χ0n) is 17.0. The largest absolute Gasteiger partial charge is 0.440 e. The Morgan fingerprint density at radius 2 is 1.66 bits per heavy atom. The van der Waals surface area contributed by atoms with Crippen molar-refractivity contribution >= 4 is 16.7 Å². The number of nitrogens with zero attached hydrogens (tertiary/aromatic N) is 1. The number of fused-ring (bicyclic) bond motifs is 2. The van der Waals surface area contributed by atoms with Gasteiger partial charge in [-0.05, 0) is 34.5 Å². The lowest BCUT2D eigenvalue weighted by Gasteiger charge is -2.27. The highest BCUT2D eigenvalue weighted by Crippen LogP contribution is 2.45. The average Bonchev–Trinajstić information content (AvgIpc) is 2.83. The van der Waals surface area contributed by atoms with Crippen molar-refractivity contribution < 1.29 is 14.3 Å². The lowest BCUT2D eigenvalue weighted by Crippen LogP contribution is -2.21. The number of ether oxygens (including phenoxy) is 2. The number of rotatable bonds is 3. The number of nitrogens with two attached hydrogens (primary N) is 1. The molecule has 1 heterocycles. The number of hydrogen-bond acceptors (Lipinski definition) is 5. The van der Waals surface area contributed by atoms with Gasteiger partial charge in [0, 0.05) is 11.6 Å². The summed E-state index contributed by atoms with van der Waals surface area (Å²) in [4.78, 5) is 12.4. The molecule has 0 saturated heterocycles. The van der Waals surface area contributed by atoms with Crippen molar-refractivity contribution in [2.45, 2.75) is 5.92 Å². The number of hydrogen-bond donors (Lipinski definition) is 1. The first-order chi connectivity index (χ1) is 15.7. The third kappa shape index (κ3) is 3.34. The van der Waals surface area contributed by atoms with Crippen LogP contribution < -0.4 is 15.2 Å². The van der Waals surface area contributed by atoms with Crippen LogP contribution in [0.2, 0.25) is 0 Å². The van der Waals surface area contributed by atoms with Crippen LogP contribution >= 0.6 is 0 Å². The molecule has 0 amide bonds. The fourth-order valence-electron chi connectivity index (χ4n) is 4.06. The quantitative estimate of drug-likeness (QED) is 0.361. The minimum Gasteiger partial charge on any atom is -0.440 e. The molecule has 5 nitrogen and oxygen atoms in total. The summed E-state index contributed by atoms with van der Waals surface area (Å²) in [7, 11) is 0. The second-order valence-corrected chi connectivity index (χ2v) is 7.45. The van der Waals surface area contributed by atoms with Crippen molar-refractivity contribution in [1.82, 2.24) is 0 Å². The minimum absolute atomic E-state index is 0.0458. The van der Waals surface area contributed by atoms with Crippen molar-refractivity contribution in [2.24, 2.45) is 5.73 Å². The molecular weight excluding hydrogens is 400 g/mol. The van der Waals surface area contributed by atoms with Crippen molar-refractivity contribution in [3.63, 3.8) is 0 Å². The highest BCUT2D eigenvalue weighted by molar-refractivity contribution is 5.91. The van der Waals surface area contributed by atoms with Crippen LogP contribution in [0.15, 0.2) is 102 Å². The van der Waals surface area contributed by atoms with Crippen molar-refractivity contribution in [1.29, 1.82) is 5.26 Å². The molecule has 0 spiro atoms. The summed E-state index contributed by atoms with van der Waals surface area (Å²) in [5.74, 6) is -0.0216. The van der Waals surface area contributed by atoms with Crippen LogP contribution in [0.4, 0.5) is 0 Å². The van der Waals surface area contributed by atoms with Gasteiger partial charge >= 0.3 is 5.97 Å². The topological polar surface area (TPSA) is 85.3 Å². The van der Waals surface area contributed by atoms with E-state index >= 15 is 0 Å². The Kier molecular flexibility index (Phi) is 4.81. The van der Waals surface area contributed by atoms with E-state index < -0.39 is 11.9 Å². The molecule has 5 heteroatoms. The molecule has 2 N–H and O–H groups in total. The molecule has 0 saturated carbocycles. The molecule has 5 rings (SSSR count). The minimum atomic E-state index is -0.465. The summed E-state index contributed by atoms with van der Waals surface area (Å²) in [6.45, 7) is 0. The lowest BCUT2D eigenvalue weighted by molar-refractivity contribution is 0.0734. The van der Waals surface area contributed by atoms with Gasteiger partial charge in [0.05, 0.1) is 11.5 Å². The van der Waals surface area contributed by atoms with E-state index in [9.17, 15) is 10.1 Å². The van der Waals surface area contributed by atoms with Crippen LogP contribution in [0, 0.1) is 11.3 Å². The van der Waals surface area contributed by atoms with Crippen LogP contribution in [0.25, 0.3) is 10.8 Å². The van der Waals surface area contributed by atoms with Crippen LogP contribution in [0.3, 0.4) is 0 Å². The van der Waals surface area contributed by atoms with Crippen molar-refractivity contribution in [3.8, 4) is 17.6 Å². The fraction of sp³-hybridized carbons (Fsp3) is 0.0370. The van der Waals surface area contributed by atoms with Gasteiger partial charge in [0.2, 0.25) is 5.88 Å². The molecular formula is C27H18N2O3. The van der Waals surface area contributed by atoms with E-state index in [4.69, 9.17) is 15.2 Å². The predicted octanol–water partition coefficient (Wildman–Crippen LogP) is 5.28. The van der Waals surface area contributed by atoms with Gasteiger partial charge in [0.25, 0.3) is 0 Å². The Morgan fingerprint density at radius 1 is 0.906 bits per heavy atom. The molecule has 32 heavy (non-hydrogen) atoms. The average molecular weight is 418 g/mol. The summed E-state index contributed by atoms with van der Waals surface area (Å²) < 4.78 is 11.3. The van der Waals surface area contributed by atoms with Gasteiger partial charge in [-0.25, -0.2) is 4.79 Å². The highest BCUT2D eigenvalue weighted by atomic mass is 16.5. The molecule has 1 aliphatic heterocycles. The van der Waals surface area contributed by atoms with Gasteiger partial charge in [0.1, 0.15) is 23.1 Å². The van der Waals surface area contributed by atoms with E-state index in [0.717, 1.165) is 21.9 Å². The Morgan fingerprint density at radius 3 is 2.47 bits per heavy atom. The third-order valence-electron chi connectivity index (χ3n) is 5.54. The van der Waals surface area contributed by atoms with Crippen molar-refractivity contribution in [3.05, 3.63) is 119 Å². The van der Waals surface area contributed by atoms with E-state index in [1.807, 2.05) is 54.6 Å². The number of carbonyl (C=O) groups is 1. The van der Waals surface area contributed by atoms with E-state index in [1.54, 1.807) is 36.4 Å². The summed E-state index contributed by atoms with van der Waals surface area (Å²) in [5, 5.41) is 12.0.